The summed E-state index contributed by atoms with van der Waals surface area (Å²) in [6.07, 6.45) is 3.28. The molecule has 0 bridgehead atoms. The van der Waals surface area contributed by atoms with Crippen LogP contribution in [0.5, 0.6) is 0 Å². The van der Waals surface area contributed by atoms with Crippen LogP contribution in [-0.2, 0) is 18.4 Å². The predicted octanol–water partition coefficient (Wildman–Crippen LogP) is 1.45. The highest BCUT2D eigenvalue weighted by molar-refractivity contribution is 7.47. The fraction of sp³-hybridized carbons (Fsp3) is 0.889. The summed E-state index contributed by atoms with van der Waals surface area (Å²) in [7, 11) is -4.60. The molecule has 0 aliphatic heterocycles. The van der Waals surface area contributed by atoms with Gasteiger partial charge < -0.3 is 10.2 Å². The highest BCUT2D eigenvalue weighted by atomic mass is 31.2. The number of unbranched alkanes of at least 4 members (excludes halogenated alkanes) is 3. The van der Waals surface area contributed by atoms with E-state index in [1.807, 2.05) is 0 Å². The van der Waals surface area contributed by atoms with Crippen LogP contribution in [0.2, 0.25) is 0 Å². The van der Waals surface area contributed by atoms with Gasteiger partial charge in [0.05, 0.1) is 7.98 Å². The van der Waals surface area contributed by atoms with E-state index < -0.39 is 14.9 Å². The summed E-state index contributed by atoms with van der Waals surface area (Å²) >= 11 is 0. The van der Waals surface area contributed by atoms with Crippen molar-refractivity contribution in [1.82, 2.24) is 5.32 Å². The zero-order valence-corrected chi connectivity index (χ0v) is 10.4. The molecule has 0 rings (SSSR count). The molecule has 0 aromatic heterocycles. The summed E-state index contributed by atoms with van der Waals surface area (Å²) in [5.41, 5.74) is 0. The number of carbonyl (C=O) groups is 1. The van der Waals surface area contributed by atoms with E-state index in [0.717, 1.165) is 19.3 Å². The molecule has 6 nitrogen and oxygen atoms in total. The van der Waals surface area contributed by atoms with E-state index in [4.69, 9.17) is 6.26 Å². The van der Waals surface area contributed by atoms with Crippen molar-refractivity contribution in [3.05, 3.63) is 0 Å². The van der Waals surface area contributed by atoms with Gasteiger partial charge in [-0.15, -0.1) is 0 Å². The van der Waals surface area contributed by atoms with Gasteiger partial charge in [-0.25, -0.2) is 4.57 Å². The van der Waals surface area contributed by atoms with Gasteiger partial charge in [0.15, 0.2) is 0 Å². The Labute approximate surface area is 97.3 Å². The molecule has 96 valence electrons. The second-order valence-electron chi connectivity index (χ2n) is 3.33. The first kappa shape index (κ1) is 13.6. The van der Waals surface area contributed by atoms with Gasteiger partial charge in [-0.05, 0) is 12.8 Å². The molecule has 0 saturated heterocycles. The predicted molar refractivity (Wildman–Crippen MR) is 59.9 cm³/mol. The number of hydrogen-bond acceptors (Lipinski definition) is 4. The highest BCUT2D eigenvalue weighted by Crippen LogP contribution is 2.41. The van der Waals surface area contributed by atoms with E-state index in [2.05, 4.69) is 14.4 Å². The molecular weight excluding hydrogens is 233 g/mol. The van der Waals surface area contributed by atoms with Crippen molar-refractivity contribution in [1.29, 1.82) is 0 Å². The SMILES string of the molecule is [2H]COP(=O)(O)OCCCCCCNC(C)=O. The zero-order valence-electron chi connectivity index (χ0n) is 10.5. The first-order chi connectivity index (χ1) is 7.98. The maximum absolute atomic E-state index is 11.0. The van der Waals surface area contributed by atoms with Crippen LogP contribution in [0.1, 0.15) is 34.0 Å². The maximum Gasteiger partial charge on any atom is 0.471 e. The molecule has 0 aliphatic carbocycles. The van der Waals surface area contributed by atoms with Gasteiger partial charge in [0.2, 0.25) is 5.91 Å². The minimum atomic E-state index is -4.01. The van der Waals surface area contributed by atoms with Crippen LogP contribution in [0.4, 0.5) is 0 Å². The van der Waals surface area contributed by atoms with Gasteiger partial charge in [-0.3, -0.25) is 13.8 Å². The zero-order chi connectivity index (χ0) is 13.1. The topological polar surface area (TPSA) is 84.9 Å². The minimum absolute atomic E-state index is 0.0397. The smallest absolute Gasteiger partial charge is 0.356 e. The normalized spacial score (nSPS) is 15.2. The Hall–Kier alpha value is -0.420. The van der Waals surface area contributed by atoms with E-state index in [1.54, 1.807) is 0 Å². The van der Waals surface area contributed by atoms with E-state index >= 15 is 0 Å². The molecule has 7 heteroatoms. The minimum Gasteiger partial charge on any atom is -0.356 e. The van der Waals surface area contributed by atoms with Crippen LogP contribution in [0.25, 0.3) is 0 Å². The Balaban J connectivity index is 3.29. The average Bonchev–Trinajstić information content (AvgIpc) is 2.21. The third-order valence-electron chi connectivity index (χ3n) is 1.86. The van der Waals surface area contributed by atoms with Gasteiger partial charge in [0.1, 0.15) is 0 Å². The molecule has 0 radical (unpaired) electrons. The van der Waals surface area contributed by atoms with Crippen molar-refractivity contribution in [2.45, 2.75) is 32.6 Å². The van der Waals surface area contributed by atoms with E-state index in [-0.39, 0.29) is 12.5 Å². The summed E-state index contributed by atoms with van der Waals surface area (Å²) in [5.74, 6) is -0.0397. The van der Waals surface area contributed by atoms with Gasteiger partial charge in [0, 0.05) is 20.6 Å². The Bertz CT molecular complexity index is 264. The van der Waals surface area contributed by atoms with Crippen LogP contribution in [0.3, 0.4) is 0 Å². The van der Waals surface area contributed by atoms with Gasteiger partial charge in [0.25, 0.3) is 0 Å². The lowest BCUT2D eigenvalue weighted by Gasteiger charge is -2.08. The second-order valence-corrected chi connectivity index (χ2v) is 4.78. The molecule has 2 N–H and O–H groups in total. The number of nitrogens with one attached hydrogen (secondary N) is 1. The monoisotopic (exact) mass is 254 g/mol. The Morgan fingerprint density at radius 1 is 1.44 bits per heavy atom. The summed E-state index contributed by atoms with van der Waals surface area (Å²) in [5, 5.41) is 2.68. The van der Waals surface area contributed by atoms with Crippen molar-refractivity contribution in [3.8, 4) is 0 Å². The molecule has 1 unspecified atom stereocenters. The average molecular weight is 254 g/mol. The van der Waals surface area contributed by atoms with E-state index in [1.165, 1.54) is 6.92 Å². The number of amides is 1. The first-order valence-corrected chi connectivity index (χ1v) is 6.63. The van der Waals surface area contributed by atoms with E-state index in [9.17, 15) is 9.36 Å². The van der Waals surface area contributed by atoms with Crippen LogP contribution in [0, 0.1) is 0 Å². The molecule has 0 fully saturated rings. The van der Waals surface area contributed by atoms with E-state index in [0.29, 0.717) is 13.0 Å². The lowest BCUT2D eigenvalue weighted by atomic mass is 10.2. The number of rotatable bonds is 9. The lowest BCUT2D eigenvalue weighted by Crippen LogP contribution is -2.20. The summed E-state index contributed by atoms with van der Waals surface area (Å²) in [6, 6.07) is 0. The fourth-order valence-electron chi connectivity index (χ4n) is 1.06. The third kappa shape index (κ3) is 10.1. The standard InChI is InChI=1S/C9H20NO5P/c1-9(11)10-7-5-3-4-6-8-15-16(12,13)14-2/h3-8H2,1-2H3,(H,10,11)(H,12,13)/i2D. The Morgan fingerprint density at radius 3 is 2.75 bits per heavy atom. The van der Waals surface area contributed by atoms with Gasteiger partial charge >= 0.3 is 7.82 Å². The molecule has 0 aromatic rings. The molecule has 0 saturated carbocycles. The van der Waals surface area contributed by atoms with Crippen molar-refractivity contribution >= 4 is 13.7 Å². The first-order valence-electron chi connectivity index (χ1n) is 5.84. The molecule has 0 spiro atoms. The van der Waals surface area contributed by atoms with Crippen LogP contribution in [-0.4, -0.2) is 31.0 Å². The van der Waals surface area contributed by atoms with Gasteiger partial charge in [-0.1, -0.05) is 12.8 Å². The number of carbonyl (C=O) groups excluding carboxylic acids is 1. The highest BCUT2D eigenvalue weighted by Gasteiger charge is 2.17. The molecule has 0 aliphatic rings. The van der Waals surface area contributed by atoms with Crippen LogP contribution in [0.15, 0.2) is 0 Å². The van der Waals surface area contributed by atoms with Crippen LogP contribution < -0.4 is 5.32 Å². The molecule has 1 amide bonds. The van der Waals surface area contributed by atoms with Gasteiger partial charge in [-0.2, -0.15) is 0 Å². The fourth-order valence-corrected chi connectivity index (χ4v) is 1.50. The number of phosphoric ester groups is 1. The van der Waals surface area contributed by atoms with Crippen LogP contribution >= 0.6 is 7.82 Å². The Kier molecular flexibility index (Phi) is 7.42. The van der Waals surface area contributed by atoms with Crippen molar-refractivity contribution in [2.75, 3.05) is 20.2 Å². The second kappa shape index (κ2) is 8.70. The van der Waals surface area contributed by atoms with Crippen molar-refractivity contribution in [2.24, 2.45) is 0 Å². The third-order valence-corrected chi connectivity index (χ3v) is 2.70. The quantitative estimate of drug-likeness (QED) is 0.480. The van der Waals surface area contributed by atoms with Crippen molar-refractivity contribution < 1.29 is 24.7 Å². The molecule has 0 aromatic carbocycles. The molecule has 1 atom stereocenters. The largest absolute Gasteiger partial charge is 0.471 e. The summed E-state index contributed by atoms with van der Waals surface area (Å²) < 4.78 is 26.4. The number of hydrogen-bond donors (Lipinski definition) is 2. The molecule has 0 heterocycles. The maximum atomic E-state index is 11.0. The molecule has 16 heavy (non-hydrogen) atoms. The molecular formula is C9H20NO5P. The summed E-state index contributed by atoms with van der Waals surface area (Å²) in [4.78, 5) is 19.5. The lowest BCUT2D eigenvalue weighted by molar-refractivity contribution is -0.118. The summed E-state index contributed by atoms with van der Waals surface area (Å²) in [6.45, 7) is 2.25. The number of phosphoric acid groups is 1. The van der Waals surface area contributed by atoms with Crippen molar-refractivity contribution in [3.63, 3.8) is 0 Å². The Morgan fingerprint density at radius 2 is 2.12 bits per heavy atom.